The predicted octanol–water partition coefficient (Wildman–Crippen LogP) is 4.07. The van der Waals surface area contributed by atoms with Crippen molar-refractivity contribution in [1.82, 2.24) is 5.32 Å². The van der Waals surface area contributed by atoms with Gasteiger partial charge in [-0.15, -0.1) is 0 Å². The monoisotopic (exact) mass is 483 g/mol. The number of hydrogen-bond acceptors (Lipinski definition) is 5. The largest absolute Gasteiger partial charge is 0.496 e. The Bertz CT molecular complexity index is 891. The fourth-order valence-corrected chi connectivity index (χ4v) is 3.90. The number of amides is 1. The lowest BCUT2D eigenvalue weighted by atomic mass is 10.2. The lowest BCUT2D eigenvalue weighted by molar-refractivity contribution is 0.0977. The number of halogens is 2. The molecule has 0 unspecified atom stereocenters. The quantitative estimate of drug-likeness (QED) is 0.638. The van der Waals surface area contributed by atoms with Crippen molar-refractivity contribution in [2.45, 2.75) is 0 Å². The molecule has 6 nitrogen and oxygen atoms in total. The third kappa shape index (κ3) is 4.94. The summed E-state index contributed by atoms with van der Waals surface area (Å²) >= 11 is 15.1. The molecule has 2 aromatic carbocycles. The van der Waals surface area contributed by atoms with Crippen molar-refractivity contribution >= 4 is 62.1 Å². The van der Waals surface area contributed by atoms with E-state index in [1.807, 2.05) is 18.2 Å². The second-order valence-corrected chi connectivity index (χ2v) is 7.66. The average Bonchev–Trinajstić information content (AvgIpc) is 2.68. The molecule has 0 radical (unpaired) electrons. The molecule has 1 heterocycles. The first kappa shape index (κ1) is 20.9. The van der Waals surface area contributed by atoms with E-state index < -0.39 is 0 Å². The molecule has 0 aliphatic carbocycles. The van der Waals surface area contributed by atoms with E-state index in [1.54, 1.807) is 25.3 Å². The van der Waals surface area contributed by atoms with Crippen LogP contribution in [0.4, 0.5) is 11.4 Å². The molecule has 0 spiro atoms. The third-order valence-corrected chi connectivity index (χ3v) is 5.33. The summed E-state index contributed by atoms with van der Waals surface area (Å²) < 4.78 is 11.3. The molecule has 1 fully saturated rings. The summed E-state index contributed by atoms with van der Waals surface area (Å²) in [5.41, 5.74) is 2.03. The molecule has 1 saturated heterocycles. The molecule has 0 aromatic heterocycles. The molecular formula is C19H19BrClN3O3S. The van der Waals surface area contributed by atoms with Gasteiger partial charge in [-0.2, -0.15) is 0 Å². The van der Waals surface area contributed by atoms with Gasteiger partial charge in [0.2, 0.25) is 0 Å². The molecule has 9 heteroatoms. The Labute approximate surface area is 182 Å². The Morgan fingerprint density at radius 3 is 2.71 bits per heavy atom. The van der Waals surface area contributed by atoms with E-state index in [-0.39, 0.29) is 11.0 Å². The van der Waals surface area contributed by atoms with Gasteiger partial charge in [-0.3, -0.25) is 10.1 Å². The van der Waals surface area contributed by atoms with E-state index in [1.165, 1.54) is 0 Å². The van der Waals surface area contributed by atoms with Gasteiger partial charge in [0.25, 0.3) is 5.91 Å². The molecule has 0 saturated carbocycles. The molecule has 1 amide bonds. The van der Waals surface area contributed by atoms with Crippen LogP contribution < -0.4 is 20.3 Å². The van der Waals surface area contributed by atoms with Crippen molar-refractivity contribution in [3.05, 3.63) is 51.5 Å². The number of thiocarbonyl (C=S) groups is 1. The number of carbonyl (C=O) groups is 1. The standard InChI is InChI=1S/C19H19BrClN3O3S/c1-26-16-6-5-12(11-13(16)20)18(25)23-19(28)22-15-4-2-3-14(21)17(15)24-7-9-27-10-8-24/h2-6,11H,7-10H2,1H3,(H2,22,23,25,28). The summed E-state index contributed by atoms with van der Waals surface area (Å²) in [6.45, 7) is 2.74. The Hall–Kier alpha value is -1.87. The summed E-state index contributed by atoms with van der Waals surface area (Å²) in [5, 5.41) is 6.57. The van der Waals surface area contributed by atoms with Crippen LogP contribution in [0.1, 0.15) is 10.4 Å². The second kappa shape index (κ2) is 9.56. The number of methoxy groups -OCH3 is 1. The molecule has 0 bridgehead atoms. The van der Waals surface area contributed by atoms with Crippen LogP contribution in [0.5, 0.6) is 5.75 Å². The minimum Gasteiger partial charge on any atom is -0.496 e. The molecule has 0 atom stereocenters. The van der Waals surface area contributed by atoms with Gasteiger partial charge in [0, 0.05) is 18.7 Å². The molecule has 148 valence electrons. The number of hydrogen-bond donors (Lipinski definition) is 2. The summed E-state index contributed by atoms with van der Waals surface area (Å²) in [5.74, 6) is 0.321. The smallest absolute Gasteiger partial charge is 0.257 e. The van der Waals surface area contributed by atoms with Crippen molar-refractivity contribution in [2.75, 3.05) is 43.6 Å². The lowest BCUT2D eigenvalue weighted by Crippen LogP contribution is -2.38. The van der Waals surface area contributed by atoms with Gasteiger partial charge >= 0.3 is 0 Å². The number of anilines is 2. The van der Waals surface area contributed by atoms with Crippen LogP contribution in [0, 0.1) is 0 Å². The zero-order valence-electron chi connectivity index (χ0n) is 15.1. The van der Waals surface area contributed by atoms with Gasteiger partial charge < -0.3 is 19.7 Å². The molecule has 2 aromatic rings. The SMILES string of the molecule is COc1ccc(C(=O)NC(=S)Nc2cccc(Cl)c2N2CCOCC2)cc1Br. The first-order valence-corrected chi connectivity index (χ1v) is 10.1. The van der Waals surface area contributed by atoms with Crippen LogP contribution in [0.15, 0.2) is 40.9 Å². The molecule has 1 aliphatic rings. The topological polar surface area (TPSA) is 62.8 Å². The zero-order valence-corrected chi connectivity index (χ0v) is 18.3. The van der Waals surface area contributed by atoms with Gasteiger partial charge in [0.05, 0.1) is 41.2 Å². The Morgan fingerprint density at radius 1 is 1.29 bits per heavy atom. The van der Waals surface area contributed by atoms with Crippen LogP contribution in [0.3, 0.4) is 0 Å². The van der Waals surface area contributed by atoms with Crippen LogP contribution in [-0.4, -0.2) is 44.4 Å². The van der Waals surface area contributed by atoms with E-state index in [9.17, 15) is 4.79 Å². The van der Waals surface area contributed by atoms with Crippen molar-refractivity contribution in [3.63, 3.8) is 0 Å². The van der Waals surface area contributed by atoms with E-state index in [4.69, 9.17) is 33.3 Å². The molecular weight excluding hydrogens is 466 g/mol. The summed E-state index contributed by atoms with van der Waals surface area (Å²) in [4.78, 5) is 14.6. The number of carbonyl (C=O) groups excluding carboxylic acids is 1. The summed E-state index contributed by atoms with van der Waals surface area (Å²) in [7, 11) is 1.57. The fraction of sp³-hybridized carbons (Fsp3) is 0.263. The fourth-order valence-electron chi connectivity index (χ4n) is 2.86. The molecule has 2 N–H and O–H groups in total. The predicted molar refractivity (Wildman–Crippen MR) is 119 cm³/mol. The van der Waals surface area contributed by atoms with E-state index in [0.29, 0.717) is 34.0 Å². The van der Waals surface area contributed by atoms with Gasteiger partial charge in [-0.1, -0.05) is 17.7 Å². The first-order valence-electron chi connectivity index (χ1n) is 8.56. The van der Waals surface area contributed by atoms with Crippen molar-refractivity contribution < 1.29 is 14.3 Å². The van der Waals surface area contributed by atoms with Gasteiger partial charge in [-0.25, -0.2) is 0 Å². The number of rotatable bonds is 4. The van der Waals surface area contributed by atoms with Crippen LogP contribution in [-0.2, 0) is 4.74 Å². The number of ether oxygens (including phenoxy) is 2. The Kier molecular flexibility index (Phi) is 7.12. The maximum Gasteiger partial charge on any atom is 0.257 e. The highest BCUT2D eigenvalue weighted by molar-refractivity contribution is 9.10. The van der Waals surface area contributed by atoms with Crippen LogP contribution >= 0.6 is 39.7 Å². The number of morpholine rings is 1. The van der Waals surface area contributed by atoms with Crippen molar-refractivity contribution in [3.8, 4) is 5.75 Å². The van der Waals surface area contributed by atoms with Crippen molar-refractivity contribution in [1.29, 1.82) is 0 Å². The highest BCUT2D eigenvalue weighted by atomic mass is 79.9. The Morgan fingerprint density at radius 2 is 2.04 bits per heavy atom. The van der Waals surface area contributed by atoms with Crippen molar-refractivity contribution in [2.24, 2.45) is 0 Å². The number of para-hydroxylation sites is 1. The van der Waals surface area contributed by atoms with E-state index >= 15 is 0 Å². The van der Waals surface area contributed by atoms with E-state index in [2.05, 4.69) is 31.5 Å². The number of benzene rings is 2. The van der Waals surface area contributed by atoms with Crippen LogP contribution in [0.2, 0.25) is 5.02 Å². The maximum absolute atomic E-state index is 12.5. The molecule has 1 aliphatic heterocycles. The lowest BCUT2D eigenvalue weighted by Gasteiger charge is -2.31. The summed E-state index contributed by atoms with van der Waals surface area (Å²) in [6, 6.07) is 10.6. The molecule has 3 rings (SSSR count). The zero-order chi connectivity index (χ0) is 20.1. The average molecular weight is 485 g/mol. The van der Waals surface area contributed by atoms with Gasteiger partial charge in [-0.05, 0) is 58.5 Å². The Balaban J connectivity index is 1.72. The van der Waals surface area contributed by atoms with E-state index in [0.717, 1.165) is 24.5 Å². The van der Waals surface area contributed by atoms with Gasteiger partial charge in [0.15, 0.2) is 5.11 Å². The highest BCUT2D eigenvalue weighted by Gasteiger charge is 2.19. The minimum atomic E-state index is -0.323. The van der Waals surface area contributed by atoms with Gasteiger partial charge in [0.1, 0.15) is 5.75 Å². The molecule has 28 heavy (non-hydrogen) atoms. The summed E-state index contributed by atoms with van der Waals surface area (Å²) in [6.07, 6.45) is 0. The first-order chi connectivity index (χ1) is 13.5. The highest BCUT2D eigenvalue weighted by Crippen LogP contribution is 2.34. The normalized spacial score (nSPS) is 13.8. The maximum atomic E-state index is 12.5. The second-order valence-electron chi connectivity index (χ2n) is 5.99. The van der Waals surface area contributed by atoms with Crippen LogP contribution in [0.25, 0.3) is 0 Å². The number of nitrogens with zero attached hydrogens (tertiary/aromatic N) is 1. The minimum absolute atomic E-state index is 0.189. The third-order valence-electron chi connectivity index (χ3n) is 4.20. The number of nitrogens with one attached hydrogen (secondary N) is 2.